The first kappa shape index (κ1) is 24.5. The van der Waals surface area contributed by atoms with Crippen LogP contribution in [0.15, 0.2) is 30.3 Å². The van der Waals surface area contributed by atoms with Crippen molar-refractivity contribution < 1.29 is 38.7 Å². The van der Waals surface area contributed by atoms with Gasteiger partial charge in [0.1, 0.15) is 6.61 Å². The Hall–Kier alpha value is -3.10. The van der Waals surface area contributed by atoms with Crippen molar-refractivity contribution in [2.24, 2.45) is 5.41 Å². The van der Waals surface area contributed by atoms with Gasteiger partial charge >= 0.3 is 12.4 Å². The second kappa shape index (κ2) is 9.80. The summed E-state index contributed by atoms with van der Waals surface area (Å²) in [6.07, 6.45) is 0.726. The summed E-state index contributed by atoms with van der Waals surface area (Å²) >= 11 is 0. The summed E-state index contributed by atoms with van der Waals surface area (Å²) in [4.78, 5) is 24.8. The quantitative estimate of drug-likeness (QED) is 0.434. The summed E-state index contributed by atoms with van der Waals surface area (Å²) in [5.74, 6) is -0.00547. The van der Waals surface area contributed by atoms with E-state index in [0.717, 1.165) is 11.1 Å². The van der Waals surface area contributed by atoms with Crippen LogP contribution in [-0.2, 0) is 16.0 Å². The van der Waals surface area contributed by atoms with E-state index in [1.165, 1.54) is 7.11 Å². The number of carbonyl (C=O) groups excluding carboxylic acids is 2. The molecule has 1 aliphatic carbocycles. The van der Waals surface area contributed by atoms with Crippen molar-refractivity contribution in [2.45, 2.75) is 53.1 Å². The van der Waals surface area contributed by atoms with Crippen LogP contribution in [0.4, 0.5) is 0 Å². The van der Waals surface area contributed by atoms with Crippen molar-refractivity contribution in [3.05, 3.63) is 41.5 Å². The summed E-state index contributed by atoms with van der Waals surface area (Å²) in [5, 5.41) is 19.0. The largest absolute Gasteiger partial charge is 0.493 e. The third-order valence-electron chi connectivity index (χ3n) is 5.36. The van der Waals surface area contributed by atoms with Crippen molar-refractivity contribution in [1.29, 1.82) is 0 Å². The van der Waals surface area contributed by atoms with Crippen LogP contribution in [0.1, 0.15) is 50.0 Å². The van der Waals surface area contributed by atoms with Crippen molar-refractivity contribution in [1.82, 2.24) is 0 Å². The molecule has 0 fully saturated rings. The third-order valence-corrected chi connectivity index (χ3v) is 5.36. The number of rotatable bonds is 9. The van der Waals surface area contributed by atoms with Crippen molar-refractivity contribution in [3.63, 3.8) is 0 Å². The van der Waals surface area contributed by atoms with Crippen LogP contribution in [0.2, 0.25) is 0 Å². The topological polar surface area (TPSA) is 112 Å². The molecule has 0 amide bonds. The molecule has 0 radical (unpaired) electrons. The molecule has 0 aliphatic heterocycles. The number of hydrogen-bond donors (Lipinski definition) is 2. The number of fused-ring (bicyclic) bond motifs is 1. The first-order chi connectivity index (χ1) is 15.5. The maximum atomic E-state index is 12.6. The molecular formula is C25H30O8. The molecule has 2 N–H and O–H groups in total. The highest BCUT2D eigenvalue weighted by atomic mass is 16.7. The maximum absolute atomic E-state index is 12.6. The van der Waals surface area contributed by atoms with Gasteiger partial charge in [0.15, 0.2) is 17.3 Å². The minimum Gasteiger partial charge on any atom is -0.493 e. The normalized spacial score (nSPS) is 13.3. The molecule has 3 rings (SSSR count). The molecule has 0 saturated heterocycles. The minimum atomic E-state index is -2.13. The van der Waals surface area contributed by atoms with Gasteiger partial charge in [0.2, 0.25) is 5.75 Å². The molecule has 1 aliphatic rings. The SMILES string of the molecule is COc1ccc(-c2cccc3c2CCC3=O)c(OCC(C)(C)C(=O)OC(C)C)c1OC(O)O. The summed E-state index contributed by atoms with van der Waals surface area (Å²) in [6.45, 7) is 4.71. The second-order valence-corrected chi connectivity index (χ2v) is 8.80. The number of aliphatic hydroxyl groups is 2. The van der Waals surface area contributed by atoms with Gasteiger partial charge in [0, 0.05) is 17.5 Å². The van der Waals surface area contributed by atoms with Crippen LogP contribution >= 0.6 is 0 Å². The zero-order chi connectivity index (χ0) is 24.3. The van der Waals surface area contributed by atoms with E-state index in [9.17, 15) is 19.8 Å². The smallest absolute Gasteiger partial charge is 0.315 e. The standard InChI is InChI=1S/C25H30O8/c1-14(2)32-23(27)25(3,4)13-31-21-18(10-12-20(30-5)22(21)33-24(28)29)15-7-6-8-17-16(15)9-11-19(17)26/h6-8,10,12,14,24,28-29H,9,11,13H2,1-5H3. The van der Waals surface area contributed by atoms with Crippen LogP contribution in [0.3, 0.4) is 0 Å². The highest BCUT2D eigenvalue weighted by Crippen LogP contribution is 2.47. The Balaban J connectivity index is 2.10. The zero-order valence-electron chi connectivity index (χ0n) is 19.5. The molecule has 2 aromatic rings. The lowest BCUT2D eigenvalue weighted by atomic mass is 9.94. The number of hydrogen-bond acceptors (Lipinski definition) is 8. The third kappa shape index (κ3) is 5.29. The van der Waals surface area contributed by atoms with E-state index in [1.54, 1.807) is 52.0 Å². The molecule has 33 heavy (non-hydrogen) atoms. The molecule has 8 nitrogen and oxygen atoms in total. The molecule has 178 valence electrons. The van der Waals surface area contributed by atoms with Gasteiger partial charge in [-0.3, -0.25) is 9.59 Å². The van der Waals surface area contributed by atoms with Gasteiger partial charge in [-0.1, -0.05) is 18.2 Å². The van der Waals surface area contributed by atoms with Crippen LogP contribution in [0.5, 0.6) is 17.2 Å². The van der Waals surface area contributed by atoms with Gasteiger partial charge in [0.05, 0.1) is 18.6 Å². The number of aliphatic hydroxyl groups excluding tert-OH is 1. The van der Waals surface area contributed by atoms with Crippen molar-refractivity contribution >= 4 is 11.8 Å². The Morgan fingerprint density at radius 1 is 1.03 bits per heavy atom. The highest BCUT2D eigenvalue weighted by Gasteiger charge is 2.33. The Kier molecular flexibility index (Phi) is 7.29. The lowest BCUT2D eigenvalue weighted by Crippen LogP contribution is -2.34. The molecular weight excluding hydrogens is 428 g/mol. The highest BCUT2D eigenvalue weighted by molar-refractivity contribution is 6.02. The van der Waals surface area contributed by atoms with Gasteiger partial charge < -0.3 is 29.2 Å². The van der Waals surface area contributed by atoms with Gasteiger partial charge in [-0.25, -0.2) is 0 Å². The van der Waals surface area contributed by atoms with E-state index in [2.05, 4.69) is 0 Å². The van der Waals surface area contributed by atoms with E-state index in [0.29, 0.717) is 24.0 Å². The Morgan fingerprint density at radius 2 is 1.73 bits per heavy atom. The van der Waals surface area contributed by atoms with Gasteiger partial charge in [0.25, 0.3) is 0 Å². The lowest BCUT2D eigenvalue weighted by molar-refractivity contribution is -0.181. The number of ether oxygens (including phenoxy) is 4. The van der Waals surface area contributed by atoms with Gasteiger partial charge in [-0.15, -0.1) is 0 Å². The minimum absolute atomic E-state index is 0.0278. The van der Waals surface area contributed by atoms with Crippen molar-refractivity contribution in [3.8, 4) is 28.4 Å². The molecule has 2 aromatic carbocycles. The fourth-order valence-electron chi connectivity index (χ4n) is 3.71. The predicted octanol–water partition coefficient (Wildman–Crippen LogP) is 3.49. The summed E-state index contributed by atoms with van der Waals surface area (Å²) in [5.41, 5.74) is 1.86. The molecule has 0 aromatic heterocycles. The molecule has 8 heteroatoms. The number of methoxy groups -OCH3 is 1. The Bertz CT molecular complexity index is 1040. The van der Waals surface area contributed by atoms with E-state index in [1.807, 2.05) is 6.07 Å². The molecule has 0 heterocycles. The molecule has 0 spiro atoms. The first-order valence-electron chi connectivity index (χ1n) is 10.8. The fourth-order valence-corrected chi connectivity index (χ4v) is 3.71. The number of Topliss-reactive ketones (excluding diaryl/α,β-unsaturated/α-hetero) is 1. The van der Waals surface area contributed by atoms with Gasteiger partial charge in [-0.05, 0) is 57.4 Å². The first-order valence-corrected chi connectivity index (χ1v) is 10.8. The maximum Gasteiger partial charge on any atom is 0.315 e. The van der Waals surface area contributed by atoms with Crippen LogP contribution in [-0.4, -0.2) is 48.3 Å². The Labute approximate surface area is 193 Å². The average Bonchev–Trinajstić information content (AvgIpc) is 3.13. The summed E-state index contributed by atoms with van der Waals surface area (Å²) in [6, 6.07) is 8.81. The van der Waals surface area contributed by atoms with Gasteiger partial charge in [-0.2, -0.15) is 0 Å². The van der Waals surface area contributed by atoms with E-state index in [4.69, 9.17) is 18.9 Å². The van der Waals surface area contributed by atoms with Crippen LogP contribution in [0, 0.1) is 5.41 Å². The zero-order valence-corrected chi connectivity index (χ0v) is 19.5. The Morgan fingerprint density at radius 3 is 2.36 bits per heavy atom. The van der Waals surface area contributed by atoms with E-state index in [-0.39, 0.29) is 35.7 Å². The molecule has 0 atom stereocenters. The van der Waals surface area contributed by atoms with Crippen LogP contribution in [0.25, 0.3) is 11.1 Å². The number of ketones is 1. The fraction of sp³-hybridized carbons (Fsp3) is 0.440. The second-order valence-electron chi connectivity index (χ2n) is 8.80. The van der Waals surface area contributed by atoms with Crippen LogP contribution < -0.4 is 14.2 Å². The van der Waals surface area contributed by atoms with Crippen molar-refractivity contribution in [2.75, 3.05) is 13.7 Å². The number of benzene rings is 2. The molecule has 0 saturated carbocycles. The molecule has 0 bridgehead atoms. The average molecular weight is 459 g/mol. The lowest BCUT2D eigenvalue weighted by Gasteiger charge is -2.26. The predicted molar refractivity (Wildman–Crippen MR) is 120 cm³/mol. The number of esters is 1. The monoisotopic (exact) mass is 458 g/mol. The molecule has 0 unspecified atom stereocenters. The van der Waals surface area contributed by atoms with E-state index < -0.39 is 17.9 Å². The summed E-state index contributed by atoms with van der Waals surface area (Å²) < 4.78 is 22.0. The van der Waals surface area contributed by atoms with E-state index >= 15 is 0 Å². The summed E-state index contributed by atoms with van der Waals surface area (Å²) in [7, 11) is 1.41. The number of carbonyl (C=O) groups is 2.